The first kappa shape index (κ1) is 12.5. The monoisotopic (exact) mass is 254 g/mol. The summed E-state index contributed by atoms with van der Waals surface area (Å²) in [5, 5.41) is 11.2. The van der Waals surface area contributed by atoms with E-state index in [1.54, 1.807) is 0 Å². The van der Waals surface area contributed by atoms with E-state index in [0.717, 1.165) is 4.90 Å². The molecule has 2 aliphatic rings. The van der Waals surface area contributed by atoms with E-state index in [0.29, 0.717) is 0 Å². The molecule has 2 fully saturated rings. The van der Waals surface area contributed by atoms with Gasteiger partial charge in [0.1, 0.15) is 17.5 Å². The number of carbonyl (C=O) groups excluding carboxylic acids is 3. The number of nitrogens with one attached hydrogen (secondary N) is 1. The van der Waals surface area contributed by atoms with E-state index in [9.17, 15) is 19.2 Å². The summed E-state index contributed by atoms with van der Waals surface area (Å²) in [6.07, 6.45) is 0.507. The van der Waals surface area contributed by atoms with Gasteiger partial charge in [0.25, 0.3) is 5.91 Å². The summed E-state index contributed by atoms with van der Waals surface area (Å²) in [4.78, 5) is 47.4. The Morgan fingerprint density at radius 1 is 1.28 bits per heavy atom. The van der Waals surface area contributed by atoms with Crippen molar-refractivity contribution in [1.29, 1.82) is 0 Å². The lowest BCUT2D eigenvalue weighted by molar-refractivity contribution is -0.164. The zero-order valence-corrected chi connectivity index (χ0v) is 10.1. The number of aliphatic carboxylic acids is 1. The SMILES string of the molecule is CC1(C)C(=O)NC(=O)CN1C(=O)C1(C(=O)O)CC1. The van der Waals surface area contributed by atoms with Crippen LogP contribution in [0.4, 0.5) is 0 Å². The number of imide groups is 1. The molecule has 1 aliphatic carbocycles. The summed E-state index contributed by atoms with van der Waals surface area (Å²) in [6, 6.07) is 0. The molecule has 7 nitrogen and oxygen atoms in total. The lowest BCUT2D eigenvalue weighted by Gasteiger charge is -2.41. The maximum Gasteiger partial charge on any atom is 0.319 e. The van der Waals surface area contributed by atoms with Crippen molar-refractivity contribution < 1.29 is 24.3 Å². The quantitative estimate of drug-likeness (QED) is 0.491. The van der Waals surface area contributed by atoms with Crippen LogP contribution in [0.1, 0.15) is 26.7 Å². The standard InChI is InChI=1S/C11H14N2O5/c1-10(2)7(15)12-6(14)5-13(10)8(16)11(3-4-11)9(17)18/h3-5H2,1-2H3,(H,17,18)(H,12,14,15). The van der Waals surface area contributed by atoms with E-state index < -0.39 is 34.6 Å². The minimum absolute atomic E-state index is 0.254. The van der Waals surface area contributed by atoms with Gasteiger partial charge >= 0.3 is 5.97 Å². The van der Waals surface area contributed by atoms with Crippen LogP contribution in [0.2, 0.25) is 0 Å². The van der Waals surface area contributed by atoms with Crippen molar-refractivity contribution in [2.45, 2.75) is 32.2 Å². The highest BCUT2D eigenvalue weighted by Gasteiger charge is 2.61. The van der Waals surface area contributed by atoms with Gasteiger partial charge in [-0.2, -0.15) is 0 Å². The molecule has 0 radical (unpaired) electrons. The first-order valence-electron chi connectivity index (χ1n) is 5.61. The molecule has 0 aromatic rings. The summed E-state index contributed by atoms with van der Waals surface area (Å²) in [7, 11) is 0. The molecular weight excluding hydrogens is 240 g/mol. The van der Waals surface area contributed by atoms with Crippen molar-refractivity contribution in [1.82, 2.24) is 10.2 Å². The largest absolute Gasteiger partial charge is 0.480 e. The van der Waals surface area contributed by atoms with Crippen LogP contribution in [-0.4, -0.2) is 45.8 Å². The van der Waals surface area contributed by atoms with Crippen molar-refractivity contribution in [3.05, 3.63) is 0 Å². The summed E-state index contributed by atoms with van der Waals surface area (Å²) in [5.41, 5.74) is -2.65. The minimum Gasteiger partial charge on any atom is -0.480 e. The summed E-state index contributed by atoms with van der Waals surface area (Å²) in [5.74, 6) is -3.02. The van der Waals surface area contributed by atoms with E-state index >= 15 is 0 Å². The van der Waals surface area contributed by atoms with Crippen LogP contribution in [-0.2, 0) is 19.2 Å². The number of hydrogen-bond acceptors (Lipinski definition) is 4. The number of hydrogen-bond donors (Lipinski definition) is 2. The van der Waals surface area contributed by atoms with Crippen LogP contribution in [0, 0.1) is 5.41 Å². The molecule has 0 aromatic carbocycles. The van der Waals surface area contributed by atoms with E-state index in [1.807, 2.05) is 0 Å². The molecular formula is C11H14N2O5. The summed E-state index contributed by atoms with van der Waals surface area (Å²) in [6.45, 7) is 2.70. The molecule has 3 amide bonds. The van der Waals surface area contributed by atoms with Crippen LogP contribution in [0.15, 0.2) is 0 Å². The average Bonchev–Trinajstić information content (AvgIpc) is 3.03. The zero-order chi connectivity index (χ0) is 13.7. The number of nitrogens with zero attached hydrogens (tertiary/aromatic N) is 1. The fourth-order valence-corrected chi connectivity index (χ4v) is 2.01. The lowest BCUT2D eigenvalue weighted by Crippen LogP contribution is -2.67. The first-order valence-corrected chi connectivity index (χ1v) is 5.61. The van der Waals surface area contributed by atoms with Crippen LogP contribution in [0.25, 0.3) is 0 Å². The van der Waals surface area contributed by atoms with Gasteiger partial charge in [-0.05, 0) is 26.7 Å². The van der Waals surface area contributed by atoms with Crippen LogP contribution >= 0.6 is 0 Å². The Kier molecular flexibility index (Phi) is 2.46. The second-order valence-corrected chi connectivity index (χ2v) is 5.21. The van der Waals surface area contributed by atoms with Gasteiger partial charge in [0.15, 0.2) is 0 Å². The highest BCUT2D eigenvalue weighted by atomic mass is 16.4. The molecule has 0 spiro atoms. The van der Waals surface area contributed by atoms with Gasteiger partial charge in [0.2, 0.25) is 11.8 Å². The third-order valence-electron chi connectivity index (χ3n) is 3.60. The second kappa shape index (κ2) is 3.54. The minimum atomic E-state index is -1.44. The third-order valence-corrected chi connectivity index (χ3v) is 3.60. The molecule has 0 aromatic heterocycles. The zero-order valence-electron chi connectivity index (χ0n) is 10.1. The molecule has 7 heteroatoms. The Hall–Kier alpha value is -1.92. The van der Waals surface area contributed by atoms with Crippen LogP contribution < -0.4 is 5.32 Å². The topological polar surface area (TPSA) is 104 Å². The van der Waals surface area contributed by atoms with Gasteiger partial charge in [-0.1, -0.05) is 0 Å². The Labute approximate surface area is 103 Å². The summed E-state index contributed by atoms with van der Waals surface area (Å²) >= 11 is 0. The Morgan fingerprint density at radius 2 is 1.83 bits per heavy atom. The number of carboxylic acids is 1. The van der Waals surface area contributed by atoms with Gasteiger partial charge < -0.3 is 10.0 Å². The maximum absolute atomic E-state index is 12.2. The molecule has 1 saturated carbocycles. The number of amides is 3. The smallest absolute Gasteiger partial charge is 0.319 e. The van der Waals surface area contributed by atoms with Crippen molar-refractivity contribution in [3.8, 4) is 0 Å². The number of carboxylic acid groups (broad SMARTS) is 1. The van der Waals surface area contributed by atoms with Gasteiger partial charge in [-0.15, -0.1) is 0 Å². The fourth-order valence-electron chi connectivity index (χ4n) is 2.01. The van der Waals surface area contributed by atoms with E-state index in [2.05, 4.69) is 5.32 Å². The molecule has 0 bridgehead atoms. The third kappa shape index (κ3) is 1.58. The molecule has 0 atom stereocenters. The van der Waals surface area contributed by atoms with Crippen molar-refractivity contribution in [2.75, 3.05) is 6.54 Å². The predicted octanol–water partition coefficient (Wildman–Crippen LogP) is -0.885. The van der Waals surface area contributed by atoms with Crippen molar-refractivity contribution in [2.24, 2.45) is 5.41 Å². The van der Waals surface area contributed by atoms with Crippen LogP contribution in [0.3, 0.4) is 0 Å². The Balaban J connectivity index is 2.32. The summed E-state index contributed by atoms with van der Waals surface area (Å²) < 4.78 is 0. The first-order chi connectivity index (χ1) is 8.21. The van der Waals surface area contributed by atoms with Crippen molar-refractivity contribution >= 4 is 23.7 Å². The van der Waals surface area contributed by atoms with Gasteiger partial charge in [0, 0.05) is 0 Å². The Morgan fingerprint density at radius 3 is 2.28 bits per heavy atom. The van der Waals surface area contributed by atoms with E-state index in [-0.39, 0.29) is 19.4 Å². The molecule has 1 aliphatic heterocycles. The van der Waals surface area contributed by atoms with Gasteiger partial charge in [-0.3, -0.25) is 24.5 Å². The molecule has 2 N–H and O–H groups in total. The van der Waals surface area contributed by atoms with Crippen molar-refractivity contribution in [3.63, 3.8) is 0 Å². The highest BCUT2D eigenvalue weighted by molar-refractivity contribution is 6.11. The second-order valence-electron chi connectivity index (χ2n) is 5.21. The van der Waals surface area contributed by atoms with Gasteiger partial charge in [-0.25, -0.2) is 0 Å². The number of rotatable bonds is 2. The molecule has 2 rings (SSSR count). The molecule has 98 valence electrons. The van der Waals surface area contributed by atoms with E-state index in [1.165, 1.54) is 13.8 Å². The molecule has 1 heterocycles. The molecule has 0 unspecified atom stereocenters. The maximum atomic E-state index is 12.2. The predicted molar refractivity (Wildman–Crippen MR) is 58.2 cm³/mol. The molecule has 1 saturated heterocycles. The highest BCUT2D eigenvalue weighted by Crippen LogP contribution is 2.48. The number of piperazine rings is 1. The molecule has 18 heavy (non-hydrogen) atoms. The Bertz CT molecular complexity index is 464. The normalized spacial score (nSPS) is 24.4. The fraction of sp³-hybridized carbons (Fsp3) is 0.636. The average molecular weight is 254 g/mol. The number of carbonyl (C=O) groups is 4. The van der Waals surface area contributed by atoms with Gasteiger partial charge in [0.05, 0.1) is 0 Å². The van der Waals surface area contributed by atoms with E-state index in [4.69, 9.17) is 5.11 Å². The van der Waals surface area contributed by atoms with Crippen LogP contribution in [0.5, 0.6) is 0 Å². The lowest BCUT2D eigenvalue weighted by atomic mass is 9.94.